The number of carbonyl (C=O) groups is 1. The van der Waals surface area contributed by atoms with Gasteiger partial charge >= 0.3 is 0 Å². The Morgan fingerprint density at radius 3 is 2.42 bits per heavy atom. The first-order chi connectivity index (χ1) is 12.6. The maximum absolute atomic E-state index is 13.1. The lowest BCUT2D eigenvalue weighted by Crippen LogP contribution is -2.32. The molecule has 1 amide bonds. The summed E-state index contributed by atoms with van der Waals surface area (Å²) in [5, 5.41) is 0. The van der Waals surface area contributed by atoms with Gasteiger partial charge in [0.1, 0.15) is 5.82 Å². The van der Waals surface area contributed by atoms with Crippen molar-refractivity contribution in [3.63, 3.8) is 0 Å². The largest absolute Gasteiger partial charge is 0.493 e. The second-order valence-electron chi connectivity index (χ2n) is 6.54. The smallest absolute Gasteiger partial charge is 0.226 e. The molecule has 1 aliphatic carbocycles. The number of ether oxygens (including phenoxy) is 2. The molecule has 0 heterocycles. The van der Waals surface area contributed by atoms with E-state index in [0.717, 1.165) is 17.5 Å². The van der Waals surface area contributed by atoms with Crippen LogP contribution in [-0.4, -0.2) is 31.6 Å². The summed E-state index contributed by atoms with van der Waals surface area (Å²) in [6.45, 7) is 3.15. The highest BCUT2D eigenvalue weighted by molar-refractivity contribution is 5.83. The predicted molar refractivity (Wildman–Crippen MR) is 97.9 cm³/mol. The van der Waals surface area contributed by atoms with Gasteiger partial charge in [-0.1, -0.05) is 18.2 Å². The molecule has 2 atom stereocenters. The Balaban J connectivity index is 1.67. The first-order valence-corrected chi connectivity index (χ1v) is 8.82. The van der Waals surface area contributed by atoms with Crippen LogP contribution in [0.15, 0.2) is 42.5 Å². The highest BCUT2D eigenvalue weighted by Crippen LogP contribution is 2.48. The average molecular weight is 357 g/mol. The lowest BCUT2D eigenvalue weighted by Gasteiger charge is -2.22. The summed E-state index contributed by atoms with van der Waals surface area (Å²) in [4.78, 5) is 14.7. The first kappa shape index (κ1) is 18.2. The minimum atomic E-state index is -0.249. The molecule has 0 bridgehead atoms. The van der Waals surface area contributed by atoms with Gasteiger partial charge in [0, 0.05) is 19.0 Å². The number of rotatable bonds is 7. The summed E-state index contributed by atoms with van der Waals surface area (Å²) >= 11 is 0. The molecule has 1 saturated carbocycles. The van der Waals surface area contributed by atoms with Crippen molar-refractivity contribution < 1.29 is 18.7 Å². The van der Waals surface area contributed by atoms with Crippen molar-refractivity contribution in [3.05, 3.63) is 59.4 Å². The molecule has 1 fully saturated rings. The number of nitrogens with zero attached hydrogens (tertiary/aromatic N) is 1. The second kappa shape index (κ2) is 7.77. The molecule has 4 nitrogen and oxygen atoms in total. The molecule has 5 heteroatoms. The minimum absolute atomic E-state index is 0.0134. The van der Waals surface area contributed by atoms with Crippen LogP contribution in [0.5, 0.6) is 11.5 Å². The van der Waals surface area contributed by atoms with E-state index in [1.54, 1.807) is 26.4 Å². The molecule has 0 aliphatic heterocycles. The van der Waals surface area contributed by atoms with E-state index in [1.807, 2.05) is 30.0 Å². The molecule has 0 saturated heterocycles. The van der Waals surface area contributed by atoms with E-state index in [1.165, 1.54) is 12.1 Å². The molecule has 2 aromatic carbocycles. The Kier molecular flexibility index (Phi) is 5.45. The summed E-state index contributed by atoms with van der Waals surface area (Å²) in [6.07, 6.45) is 0.826. The monoisotopic (exact) mass is 357 g/mol. The number of hydrogen-bond acceptors (Lipinski definition) is 3. The summed E-state index contributed by atoms with van der Waals surface area (Å²) in [7, 11) is 3.20. The molecule has 0 radical (unpaired) electrons. The quantitative estimate of drug-likeness (QED) is 0.752. The zero-order chi connectivity index (χ0) is 18.7. The fourth-order valence-electron chi connectivity index (χ4n) is 3.33. The Labute approximate surface area is 153 Å². The van der Waals surface area contributed by atoms with Gasteiger partial charge in [0.25, 0.3) is 0 Å². The normalized spacial score (nSPS) is 18.3. The fraction of sp³-hybridized carbons (Fsp3) is 0.381. The Morgan fingerprint density at radius 1 is 1.12 bits per heavy atom. The van der Waals surface area contributed by atoms with Gasteiger partial charge < -0.3 is 14.4 Å². The van der Waals surface area contributed by atoms with E-state index < -0.39 is 0 Å². The van der Waals surface area contributed by atoms with E-state index in [2.05, 4.69) is 0 Å². The van der Waals surface area contributed by atoms with Gasteiger partial charge in [0.05, 0.1) is 14.2 Å². The van der Waals surface area contributed by atoms with Crippen LogP contribution < -0.4 is 9.47 Å². The predicted octanol–water partition coefficient (Wildman–Crippen LogP) is 4.00. The van der Waals surface area contributed by atoms with Crippen LogP contribution in [-0.2, 0) is 11.3 Å². The number of halogens is 1. The zero-order valence-corrected chi connectivity index (χ0v) is 15.4. The van der Waals surface area contributed by atoms with Crippen molar-refractivity contribution in [2.24, 2.45) is 5.92 Å². The Bertz CT molecular complexity index is 775. The lowest BCUT2D eigenvalue weighted by atomic mass is 10.1. The standard InChI is InChI=1S/C21H24FNO3/c1-4-23(13-14-5-10-19(25-2)20(11-14)26-3)21(24)18-12-17(18)15-6-8-16(22)9-7-15/h5-11,17-18H,4,12-13H2,1-3H3. The molecule has 0 N–H and O–H groups in total. The molecule has 2 aromatic rings. The molecule has 138 valence electrons. The van der Waals surface area contributed by atoms with E-state index in [0.29, 0.717) is 24.6 Å². The Hall–Kier alpha value is -2.56. The summed E-state index contributed by atoms with van der Waals surface area (Å²) in [6, 6.07) is 12.2. The van der Waals surface area contributed by atoms with Crippen molar-refractivity contribution in [2.75, 3.05) is 20.8 Å². The number of amides is 1. The summed E-state index contributed by atoms with van der Waals surface area (Å²) < 4.78 is 23.7. The zero-order valence-electron chi connectivity index (χ0n) is 15.4. The first-order valence-electron chi connectivity index (χ1n) is 8.82. The van der Waals surface area contributed by atoms with Crippen molar-refractivity contribution in [1.29, 1.82) is 0 Å². The van der Waals surface area contributed by atoms with Gasteiger partial charge in [-0.3, -0.25) is 4.79 Å². The fourth-order valence-corrected chi connectivity index (χ4v) is 3.33. The molecule has 1 aliphatic rings. The van der Waals surface area contributed by atoms with Crippen molar-refractivity contribution in [2.45, 2.75) is 25.8 Å². The van der Waals surface area contributed by atoms with Crippen LogP contribution in [0.4, 0.5) is 4.39 Å². The molecule has 26 heavy (non-hydrogen) atoms. The topological polar surface area (TPSA) is 38.8 Å². The van der Waals surface area contributed by atoms with Crippen molar-refractivity contribution in [1.82, 2.24) is 4.90 Å². The SMILES string of the molecule is CCN(Cc1ccc(OC)c(OC)c1)C(=O)C1CC1c1ccc(F)cc1. The van der Waals surface area contributed by atoms with Gasteiger partial charge in [-0.05, 0) is 54.7 Å². The maximum atomic E-state index is 13.1. The van der Waals surface area contributed by atoms with Crippen LogP contribution in [0.25, 0.3) is 0 Å². The minimum Gasteiger partial charge on any atom is -0.493 e. The van der Waals surface area contributed by atoms with Crippen LogP contribution in [0.2, 0.25) is 0 Å². The summed E-state index contributed by atoms with van der Waals surface area (Å²) in [5.41, 5.74) is 2.03. The van der Waals surface area contributed by atoms with Gasteiger partial charge in [-0.2, -0.15) is 0 Å². The van der Waals surface area contributed by atoms with Crippen LogP contribution in [0.1, 0.15) is 30.4 Å². The average Bonchev–Trinajstić information content (AvgIpc) is 3.46. The van der Waals surface area contributed by atoms with E-state index in [9.17, 15) is 9.18 Å². The van der Waals surface area contributed by atoms with E-state index in [-0.39, 0.29) is 23.6 Å². The molecule has 2 unspecified atom stereocenters. The van der Waals surface area contributed by atoms with Crippen molar-refractivity contribution >= 4 is 5.91 Å². The number of carbonyl (C=O) groups excluding carboxylic acids is 1. The molecular weight excluding hydrogens is 333 g/mol. The molecular formula is C21H24FNO3. The third-order valence-corrected chi connectivity index (χ3v) is 4.92. The van der Waals surface area contributed by atoms with Gasteiger partial charge in [0.15, 0.2) is 11.5 Å². The van der Waals surface area contributed by atoms with Gasteiger partial charge in [-0.15, -0.1) is 0 Å². The third-order valence-electron chi connectivity index (χ3n) is 4.92. The maximum Gasteiger partial charge on any atom is 0.226 e. The number of methoxy groups -OCH3 is 2. The number of benzene rings is 2. The molecule has 0 spiro atoms. The van der Waals surface area contributed by atoms with Crippen LogP contribution in [0, 0.1) is 11.7 Å². The van der Waals surface area contributed by atoms with Crippen LogP contribution >= 0.6 is 0 Å². The molecule has 0 aromatic heterocycles. The van der Waals surface area contributed by atoms with E-state index in [4.69, 9.17) is 9.47 Å². The number of hydrogen-bond donors (Lipinski definition) is 0. The Morgan fingerprint density at radius 2 is 1.81 bits per heavy atom. The van der Waals surface area contributed by atoms with Gasteiger partial charge in [0.2, 0.25) is 5.91 Å². The lowest BCUT2D eigenvalue weighted by molar-refractivity contribution is -0.133. The molecule has 3 rings (SSSR count). The highest BCUT2D eigenvalue weighted by Gasteiger charge is 2.45. The van der Waals surface area contributed by atoms with Crippen LogP contribution in [0.3, 0.4) is 0 Å². The second-order valence-corrected chi connectivity index (χ2v) is 6.54. The van der Waals surface area contributed by atoms with Gasteiger partial charge in [-0.25, -0.2) is 4.39 Å². The van der Waals surface area contributed by atoms with E-state index >= 15 is 0 Å². The van der Waals surface area contributed by atoms with Crippen molar-refractivity contribution in [3.8, 4) is 11.5 Å². The third kappa shape index (κ3) is 3.82. The summed E-state index contributed by atoms with van der Waals surface area (Å²) in [5.74, 6) is 1.41. The highest BCUT2D eigenvalue weighted by atomic mass is 19.1.